The normalized spacial score (nSPS) is 14.1. The number of alkyl halides is 3. The van der Waals surface area contributed by atoms with Crippen molar-refractivity contribution in [1.82, 2.24) is 19.7 Å². The highest BCUT2D eigenvalue weighted by atomic mass is 19.4. The summed E-state index contributed by atoms with van der Waals surface area (Å²) in [4.78, 5) is 11.8. The molecule has 0 spiro atoms. The highest BCUT2D eigenvalue weighted by molar-refractivity contribution is 5.88. The first-order chi connectivity index (χ1) is 15.2. The Balaban J connectivity index is 0.000000363. The van der Waals surface area contributed by atoms with Crippen molar-refractivity contribution in [3.8, 4) is 17.0 Å². The van der Waals surface area contributed by atoms with Crippen LogP contribution in [0.25, 0.3) is 33.2 Å². The van der Waals surface area contributed by atoms with Crippen LogP contribution in [0.4, 0.5) is 19.0 Å². The van der Waals surface area contributed by atoms with Crippen LogP contribution in [0.15, 0.2) is 42.6 Å². The van der Waals surface area contributed by atoms with Gasteiger partial charge in [-0.1, -0.05) is 0 Å². The molecule has 0 atom stereocenters. The maximum atomic E-state index is 10.7. The van der Waals surface area contributed by atoms with Crippen molar-refractivity contribution in [3.05, 3.63) is 42.6 Å². The van der Waals surface area contributed by atoms with Gasteiger partial charge in [0, 0.05) is 43.4 Å². The van der Waals surface area contributed by atoms with Gasteiger partial charge in [0.25, 0.3) is 0 Å². The van der Waals surface area contributed by atoms with Crippen LogP contribution in [0, 0.1) is 0 Å². The summed E-state index contributed by atoms with van der Waals surface area (Å²) in [6.45, 7) is 0.916. The molecule has 1 aromatic carbocycles. The first-order valence-corrected chi connectivity index (χ1v) is 10.2. The summed E-state index contributed by atoms with van der Waals surface area (Å²) < 4.78 is 33.7. The molecule has 0 saturated carbocycles. The quantitative estimate of drug-likeness (QED) is 0.486. The van der Waals surface area contributed by atoms with Crippen molar-refractivity contribution >= 4 is 27.8 Å². The van der Waals surface area contributed by atoms with E-state index in [1.165, 1.54) is 12.8 Å². The topological polar surface area (TPSA) is 93.1 Å². The van der Waals surface area contributed by atoms with Gasteiger partial charge in [0.05, 0.1) is 28.8 Å². The summed E-state index contributed by atoms with van der Waals surface area (Å²) >= 11 is 0. The molecule has 4 heterocycles. The number of aromatic nitrogens is 4. The van der Waals surface area contributed by atoms with Gasteiger partial charge >= 0.3 is 6.18 Å². The van der Waals surface area contributed by atoms with E-state index in [9.17, 15) is 18.3 Å². The zero-order chi connectivity index (χ0) is 22.9. The molecule has 0 radical (unpaired) electrons. The molecule has 3 N–H and O–H groups in total. The van der Waals surface area contributed by atoms with Crippen LogP contribution >= 0.6 is 0 Å². The van der Waals surface area contributed by atoms with E-state index in [-0.39, 0.29) is 5.75 Å². The lowest BCUT2D eigenvalue weighted by molar-refractivity contribution is -0.118. The van der Waals surface area contributed by atoms with Gasteiger partial charge in [0.1, 0.15) is 11.6 Å². The second kappa shape index (κ2) is 8.62. The molecule has 0 aliphatic carbocycles. The molecule has 1 aliphatic rings. The molecule has 168 valence electrons. The van der Waals surface area contributed by atoms with Crippen LogP contribution < -0.4 is 10.6 Å². The number of nitrogens with two attached hydrogens (primary N) is 1. The molecular formula is C22H23F3N6O. The Morgan fingerprint density at radius 2 is 1.66 bits per heavy atom. The minimum Gasteiger partial charge on any atom is -0.507 e. The Labute approximate surface area is 182 Å². The van der Waals surface area contributed by atoms with E-state index in [1.54, 1.807) is 10.7 Å². The smallest absolute Gasteiger partial charge is 0.400 e. The fourth-order valence-electron chi connectivity index (χ4n) is 3.66. The van der Waals surface area contributed by atoms with E-state index >= 15 is 0 Å². The fourth-order valence-corrected chi connectivity index (χ4v) is 3.66. The number of halogens is 3. The van der Waals surface area contributed by atoms with Crippen LogP contribution in [0.5, 0.6) is 5.75 Å². The van der Waals surface area contributed by atoms with Crippen molar-refractivity contribution < 1.29 is 18.3 Å². The molecule has 0 unspecified atom stereocenters. The fraction of sp³-hybridized carbons (Fsp3) is 0.318. The van der Waals surface area contributed by atoms with Gasteiger partial charge in [-0.05, 0) is 43.2 Å². The second-order valence-corrected chi connectivity index (χ2v) is 7.65. The predicted molar refractivity (Wildman–Crippen MR) is 117 cm³/mol. The maximum absolute atomic E-state index is 10.7. The number of aromatic hydroxyl groups is 1. The number of pyridine rings is 2. The summed E-state index contributed by atoms with van der Waals surface area (Å²) in [6, 6.07) is 11.6. The minimum absolute atomic E-state index is 0.185. The number of aryl methyl sites for hydroxylation is 1. The van der Waals surface area contributed by atoms with Crippen molar-refractivity contribution in [2.45, 2.75) is 19.0 Å². The molecule has 7 nitrogen and oxygen atoms in total. The van der Waals surface area contributed by atoms with Crippen molar-refractivity contribution in [1.29, 1.82) is 0 Å². The molecule has 10 heteroatoms. The molecule has 32 heavy (non-hydrogen) atoms. The number of rotatable bonds is 2. The first kappa shape index (κ1) is 21.8. The lowest BCUT2D eigenvalue weighted by Crippen LogP contribution is -2.21. The van der Waals surface area contributed by atoms with Gasteiger partial charge in [0.2, 0.25) is 0 Å². The van der Waals surface area contributed by atoms with Gasteiger partial charge in [-0.3, -0.25) is 4.68 Å². The van der Waals surface area contributed by atoms with E-state index in [0.717, 1.165) is 46.5 Å². The molecule has 5 rings (SSSR count). The number of hydrogen-bond donors (Lipinski definition) is 2. The molecule has 1 aliphatic heterocycles. The number of fused-ring (bicyclic) bond motifs is 2. The number of phenols is 1. The first-order valence-electron chi connectivity index (χ1n) is 10.2. The van der Waals surface area contributed by atoms with Gasteiger partial charge in [-0.2, -0.15) is 18.3 Å². The highest BCUT2D eigenvalue weighted by Gasteiger charge is 2.23. The second-order valence-electron chi connectivity index (χ2n) is 7.65. The monoisotopic (exact) mass is 444 g/mol. The lowest BCUT2D eigenvalue weighted by atomic mass is 10.1. The molecule has 0 amide bonds. The Bertz CT molecular complexity index is 1250. The third kappa shape index (κ3) is 4.75. The van der Waals surface area contributed by atoms with Crippen LogP contribution in [0.2, 0.25) is 0 Å². The third-order valence-corrected chi connectivity index (χ3v) is 5.20. The van der Waals surface area contributed by atoms with Gasteiger partial charge in [0.15, 0.2) is 0 Å². The van der Waals surface area contributed by atoms with E-state index in [0.29, 0.717) is 5.56 Å². The van der Waals surface area contributed by atoms with E-state index in [2.05, 4.69) is 15.7 Å². The molecule has 4 aromatic rings. The van der Waals surface area contributed by atoms with Crippen molar-refractivity contribution in [2.24, 2.45) is 12.8 Å². The molecule has 1 fully saturated rings. The lowest BCUT2D eigenvalue weighted by Gasteiger charge is -2.16. The Kier molecular flexibility index (Phi) is 5.88. The molecule has 0 bridgehead atoms. The van der Waals surface area contributed by atoms with E-state index in [1.807, 2.05) is 43.6 Å². The standard InChI is InChI=1S/C20H19N5O.C2H4F3N/c1-24-12-13-10-14(19(26)11-18(13)23-24)15-4-5-17-16(21-15)6-7-20(22-17)25-8-2-3-9-25;3-2(4,5)1-6/h4-7,10-12,26H,2-3,8-9H2,1H3;1,6H2. The van der Waals surface area contributed by atoms with Crippen molar-refractivity contribution in [2.75, 3.05) is 24.5 Å². The molecule has 1 saturated heterocycles. The summed E-state index contributed by atoms with van der Waals surface area (Å²) in [5.74, 6) is 1.20. The van der Waals surface area contributed by atoms with Gasteiger partial charge in [-0.15, -0.1) is 0 Å². The van der Waals surface area contributed by atoms with E-state index < -0.39 is 12.7 Å². The minimum atomic E-state index is -4.18. The van der Waals surface area contributed by atoms with Crippen molar-refractivity contribution in [3.63, 3.8) is 0 Å². The third-order valence-electron chi connectivity index (χ3n) is 5.20. The molecule has 3 aromatic heterocycles. The largest absolute Gasteiger partial charge is 0.507 e. The summed E-state index contributed by atoms with van der Waals surface area (Å²) in [5.41, 5.74) is 8.09. The summed E-state index contributed by atoms with van der Waals surface area (Å²) in [7, 11) is 1.87. The number of hydrogen-bond acceptors (Lipinski definition) is 6. The summed E-state index contributed by atoms with van der Waals surface area (Å²) in [5, 5.41) is 15.7. The number of anilines is 1. The Morgan fingerprint density at radius 3 is 2.34 bits per heavy atom. The zero-order valence-electron chi connectivity index (χ0n) is 17.5. The SMILES string of the molecule is Cn1cc2cc(-c3ccc4nc(N5CCCC5)ccc4n3)c(O)cc2n1.NCC(F)(F)F. The molecular weight excluding hydrogens is 421 g/mol. The summed E-state index contributed by atoms with van der Waals surface area (Å²) in [6.07, 6.45) is 0.212. The number of phenolic OH excluding ortho intramolecular Hbond substituents is 1. The van der Waals surface area contributed by atoms with Crippen LogP contribution in [0.3, 0.4) is 0 Å². The Morgan fingerprint density at radius 1 is 1.00 bits per heavy atom. The van der Waals surface area contributed by atoms with Crippen LogP contribution in [-0.2, 0) is 7.05 Å². The number of nitrogens with zero attached hydrogens (tertiary/aromatic N) is 5. The van der Waals surface area contributed by atoms with E-state index in [4.69, 9.17) is 9.97 Å². The van der Waals surface area contributed by atoms with Crippen LogP contribution in [-0.4, -0.2) is 50.7 Å². The average molecular weight is 444 g/mol. The van der Waals surface area contributed by atoms with Gasteiger partial charge < -0.3 is 15.7 Å². The Hall–Kier alpha value is -3.40. The van der Waals surface area contributed by atoms with Gasteiger partial charge in [-0.25, -0.2) is 9.97 Å². The zero-order valence-corrected chi connectivity index (χ0v) is 17.5. The highest BCUT2D eigenvalue weighted by Crippen LogP contribution is 2.33. The van der Waals surface area contributed by atoms with Crippen LogP contribution in [0.1, 0.15) is 12.8 Å². The maximum Gasteiger partial charge on any atom is 0.400 e. The number of benzene rings is 1. The average Bonchev–Trinajstić information content (AvgIpc) is 3.41. The predicted octanol–water partition coefficient (Wildman–Crippen LogP) is 4.00.